The molecule has 0 bridgehead atoms. The summed E-state index contributed by atoms with van der Waals surface area (Å²) in [4.78, 5) is 69.8. The van der Waals surface area contributed by atoms with Crippen molar-refractivity contribution in [3.05, 3.63) is 248 Å². The van der Waals surface area contributed by atoms with Crippen LogP contribution in [0.1, 0.15) is 524 Å². The quantitative estimate of drug-likeness (QED) is 0.0212. The first-order chi connectivity index (χ1) is 73.5. The highest BCUT2D eigenvalue weighted by atomic mass is 32.1. The summed E-state index contributed by atoms with van der Waals surface area (Å²) >= 11 is 1.32. The van der Waals surface area contributed by atoms with Crippen molar-refractivity contribution in [1.82, 2.24) is 9.97 Å². The minimum Gasteiger partial charge on any atom is -0.494 e. The number of nitrogens with zero attached hydrogens (tertiary/aromatic N) is 2. The van der Waals surface area contributed by atoms with Gasteiger partial charge in [-0.25, -0.2) is 9.97 Å². The standard InChI is InChI=1S/C134H182N6O8S/c1-5-9-13-17-21-25-29-33-37-41-45-49-53-57-61-71-103-145-119-91-83-115(84-92-119)135-131(141)125-107-113(108-126(139-125)132(142)136-116-85-93-120(94-86-116)146-104-72-62-58-54-50-46-42-38-34-30-26-22-18-14-10-6-2)79-99-123-124(130(102-82-112-77-69-66-70-78-112)149-129(123)101-81-111-75-67-65-68-76-111)100-80-114-109-127(133(143)137-117-87-95-121(96-88-117)147-105-73-63-59-55-51-47-43-39-35-31-27-23-19-15-11-7-3)140-128(110-114)134(144)138-118-89-97-122(98-90-118)148-106-74-64-60-56-52-48-44-40-36-32-28-24-20-16-12-8-4/h65-70,75-78,83-98,107-110H,5-64,71-74,103-106H2,1-4H3,(H,135,141)(H,136,142)(H,137,143)(H,138,144). The number of ether oxygens (including phenoxy) is 4. The number of amides is 4. The number of benzene rings is 6. The Kier molecular flexibility index (Phi) is 64.8. The third-order valence-corrected chi connectivity index (χ3v) is 28.9. The smallest absolute Gasteiger partial charge is 0.274 e. The fourth-order valence-corrected chi connectivity index (χ4v) is 19.7. The van der Waals surface area contributed by atoms with Crippen molar-refractivity contribution in [3.8, 4) is 70.4 Å². The molecule has 0 unspecified atom stereocenters. The molecule has 0 fully saturated rings. The number of hydrogen-bond acceptors (Lipinski definition) is 11. The van der Waals surface area contributed by atoms with E-state index in [0.29, 0.717) is 93.1 Å². The predicted molar refractivity (Wildman–Crippen MR) is 627 cm³/mol. The van der Waals surface area contributed by atoms with Crippen LogP contribution in [0.2, 0.25) is 0 Å². The molecule has 6 aromatic carbocycles. The molecular weight excluding hydrogens is 1850 g/mol. The Bertz CT molecular complexity index is 4830. The molecule has 4 amide bonds. The molecule has 14 nitrogen and oxygen atoms in total. The van der Waals surface area contributed by atoms with E-state index in [1.54, 1.807) is 72.8 Å². The first-order valence-corrected chi connectivity index (χ1v) is 59.9. The third-order valence-electron chi connectivity index (χ3n) is 27.9. The van der Waals surface area contributed by atoms with Crippen LogP contribution in [0.4, 0.5) is 22.7 Å². The van der Waals surface area contributed by atoms with E-state index in [0.717, 1.165) is 62.5 Å². The van der Waals surface area contributed by atoms with Crippen LogP contribution in [0.5, 0.6) is 23.0 Å². The van der Waals surface area contributed by atoms with Gasteiger partial charge in [0.25, 0.3) is 23.6 Å². The summed E-state index contributed by atoms with van der Waals surface area (Å²) in [6.45, 7) is 11.5. The molecule has 0 aliphatic heterocycles. The van der Waals surface area contributed by atoms with Gasteiger partial charge in [-0.05, 0) is 183 Å². The number of hydrogen-bond donors (Lipinski definition) is 4. The second-order valence-electron chi connectivity index (χ2n) is 41.0. The minimum atomic E-state index is -0.569. The van der Waals surface area contributed by atoms with E-state index in [9.17, 15) is 19.2 Å². The fourth-order valence-electron chi connectivity index (χ4n) is 18.8. The summed E-state index contributed by atoms with van der Waals surface area (Å²) in [5.41, 5.74) is 4.68. The first kappa shape index (κ1) is 121. The Morgan fingerprint density at radius 3 is 0.570 bits per heavy atom. The fraction of sp³-hybridized carbons (Fsp3) is 0.537. The van der Waals surface area contributed by atoms with E-state index in [2.05, 4.69) is 96.3 Å². The number of carbonyl (C=O) groups is 4. The summed E-state index contributed by atoms with van der Waals surface area (Å²) < 4.78 is 24.8. The monoisotopic (exact) mass is 2040 g/mol. The van der Waals surface area contributed by atoms with Gasteiger partial charge in [0.15, 0.2) is 0 Å². The Morgan fingerprint density at radius 1 is 0.208 bits per heavy atom. The largest absolute Gasteiger partial charge is 0.494 e. The van der Waals surface area contributed by atoms with Gasteiger partial charge in [0.2, 0.25) is 0 Å². The van der Waals surface area contributed by atoms with E-state index in [1.807, 2.05) is 109 Å². The number of anilines is 4. The Hall–Kier alpha value is -11.4. The lowest BCUT2D eigenvalue weighted by Gasteiger charge is -2.11. The van der Waals surface area contributed by atoms with Crippen molar-refractivity contribution >= 4 is 57.7 Å². The van der Waals surface area contributed by atoms with E-state index in [4.69, 9.17) is 28.9 Å². The molecule has 0 spiro atoms. The van der Waals surface area contributed by atoms with Crippen LogP contribution in [0.3, 0.4) is 0 Å². The van der Waals surface area contributed by atoms with E-state index in [-0.39, 0.29) is 33.9 Å². The SMILES string of the molecule is CCCCCCCCCCCCCCCCCCOc1ccc(NC(=O)c2cc(C#Cc3c(C#Cc4ccccc4)sc(C#Cc4ccccc4)c3C#Cc3cc(C(=O)Nc4ccc(OCCCCCCCCCCCCCCCCCC)cc4)nc(C(=O)Nc4ccc(OCCCCCCCCCCCCCCCCCC)cc4)c3)cc(C(=O)Nc3ccc(OCCCCCCCCCCCCCCCCCC)cc3)n2)cc1. The number of carbonyl (C=O) groups excluding carboxylic acids is 4. The van der Waals surface area contributed by atoms with E-state index in [1.165, 1.54) is 371 Å². The van der Waals surface area contributed by atoms with Crippen LogP contribution < -0.4 is 40.2 Å². The van der Waals surface area contributed by atoms with E-state index < -0.39 is 23.6 Å². The van der Waals surface area contributed by atoms with Crippen LogP contribution in [-0.2, 0) is 0 Å². The van der Waals surface area contributed by atoms with Crippen molar-refractivity contribution in [2.24, 2.45) is 0 Å². The van der Waals surface area contributed by atoms with Gasteiger partial charge in [0.05, 0.1) is 47.3 Å². The maximum absolute atomic E-state index is 14.8. The summed E-state index contributed by atoms with van der Waals surface area (Å²) in [6.07, 6.45) is 83.2. The third kappa shape index (κ3) is 54.8. The van der Waals surface area contributed by atoms with Gasteiger partial charge < -0.3 is 40.2 Å². The van der Waals surface area contributed by atoms with Crippen LogP contribution >= 0.6 is 11.3 Å². The zero-order chi connectivity index (χ0) is 105. The number of nitrogens with one attached hydrogen (secondary N) is 4. The lowest BCUT2D eigenvalue weighted by Crippen LogP contribution is -2.19. The molecule has 15 heteroatoms. The van der Waals surface area contributed by atoms with Gasteiger partial charge in [-0.2, -0.15) is 0 Å². The molecule has 0 saturated carbocycles. The molecule has 0 aliphatic rings. The highest BCUT2D eigenvalue weighted by molar-refractivity contribution is 7.13. The summed E-state index contributed by atoms with van der Waals surface area (Å²) in [5, 5.41) is 12.1. The van der Waals surface area contributed by atoms with Crippen molar-refractivity contribution < 1.29 is 38.1 Å². The van der Waals surface area contributed by atoms with Crippen LogP contribution in [-0.4, -0.2) is 60.0 Å². The Labute approximate surface area is 904 Å². The summed E-state index contributed by atoms with van der Waals surface area (Å²) in [5.74, 6) is 27.7. The molecule has 802 valence electrons. The number of thiophene rings is 1. The maximum atomic E-state index is 14.8. The summed E-state index contributed by atoms with van der Waals surface area (Å²) in [7, 11) is 0. The van der Waals surface area contributed by atoms with Gasteiger partial charge in [-0.3, -0.25) is 19.2 Å². The van der Waals surface area contributed by atoms with Crippen molar-refractivity contribution in [3.63, 3.8) is 0 Å². The lowest BCUT2D eigenvalue weighted by atomic mass is 10.0. The second-order valence-corrected chi connectivity index (χ2v) is 42.0. The van der Waals surface area contributed by atoms with Gasteiger partial charge in [-0.1, -0.05) is 485 Å². The molecular formula is C134H182N6O8S. The molecule has 0 saturated heterocycles. The first-order valence-electron chi connectivity index (χ1n) is 59.1. The van der Waals surface area contributed by atoms with Crippen molar-refractivity contribution in [2.75, 3.05) is 47.7 Å². The van der Waals surface area contributed by atoms with Gasteiger partial charge in [-0.15, -0.1) is 11.3 Å². The molecule has 4 N–H and O–H groups in total. The zero-order valence-corrected chi connectivity index (χ0v) is 92.8. The summed E-state index contributed by atoms with van der Waals surface area (Å²) in [6, 6.07) is 54.8. The maximum Gasteiger partial charge on any atom is 0.274 e. The number of rotatable bonds is 80. The molecule has 149 heavy (non-hydrogen) atoms. The van der Waals surface area contributed by atoms with E-state index >= 15 is 0 Å². The molecule has 3 aromatic heterocycles. The van der Waals surface area contributed by atoms with Gasteiger partial charge >= 0.3 is 0 Å². The molecule has 9 rings (SSSR count). The van der Waals surface area contributed by atoms with Gasteiger partial charge in [0.1, 0.15) is 45.8 Å². The van der Waals surface area contributed by atoms with Crippen LogP contribution in [0.15, 0.2) is 182 Å². The lowest BCUT2D eigenvalue weighted by molar-refractivity contribution is 0.0998. The molecule has 0 aliphatic carbocycles. The molecule has 3 heterocycles. The number of pyridine rings is 2. The average molecular weight is 2040 g/mol. The Balaban J connectivity index is 0.941. The van der Waals surface area contributed by atoms with Crippen LogP contribution in [0, 0.1) is 47.4 Å². The second kappa shape index (κ2) is 79.7. The van der Waals surface area contributed by atoms with Gasteiger partial charge in [0, 0.05) is 45.0 Å². The number of unbranched alkanes of at least 4 members (excludes halogenated alkanes) is 60. The van der Waals surface area contributed by atoms with Crippen molar-refractivity contribution in [2.45, 2.75) is 439 Å². The van der Waals surface area contributed by atoms with Crippen molar-refractivity contribution in [1.29, 1.82) is 0 Å². The zero-order valence-electron chi connectivity index (χ0n) is 92.0. The highest BCUT2D eigenvalue weighted by Gasteiger charge is 2.22. The molecule has 0 atom stereocenters. The predicted octanol–water partition coefficient (Wildman–Crippen LogP) is 37.7. The molecule has 9 aromatic rings. The normalized spacial score (nSPS) is 10.9. The van der Waals surface area contributed by atoms with Crippen LogP contribution in [0.25, 0.3) is 0 Å². The number of aromatic nitrogens is 2. The average Bonchev–Trinajstić information content (AvgIpc) is 1.78. The minimum absolute atomic E-state index is 0.0614. The Morgan fingerprint density at radius 2 is 0.383 bits per heavy atom. The highest BCUT2D eigenvalue weighted by Crippen LogP contribution is 2.31. The topological polar surface area (TPSA) is 179 Å². The molecule has 0 radical (unpaired) electrons.